The first kappa shape index (κ1) is 6.54. The van der Waals surface area contributed by atoms with Gasteiger partial charge in [-0.05, 0) is 12.1 Å². The maximum Gasteiger partial charge on any atom is 0.314 e. The van der Waals surface area contributed by atoms with Gasteiger partial charge in [0.25, 0.3) is 0 Å². The highest BCUT2D eigenvalue weighted by Gasteiger charge is 2.19. The zero-order chi connectivity index (χ0) is 8.84. The number of fused-ring (bicyclic) bond motifs is 3. The Morgan fingerprint density at radius 2 is 2.08 bits per heavy atom. The van der Waals surface area contributed by atoms with Crippen molar-refractivity contribution in [2.24, 2.45) is 4.99 Å². The molecule has 0 bridgehead atoms. The van der Waals surface area contributed by atoms with Crippen LogP contribution in [0.5, 0.6) is 0 Å². The Morgan fingerprint density at radius 1 is 1.23 bits per heavy atom. The lowest BCUT2D eigenvalue weighted by atomic mass is 10.3. The number of para-hydroxylation sites is 2. The van der Waals surface area contributed by atoms with Gasteiger partial charge >= 0.3 is 5.91 Å². The number of imidazole rings is 1. The molecule has 0 fully saturated rings. The summed E-state index contributed by atoms with van der Waals surface area (Å²) in [6.45, 7) is 0. The Bertz CT molecular complexity index is 539. The summed E-state index contributed by atoms with van der Waals surface area (Å²) in [5.74, 6) is 0.136. The second-order valence-electron chi connectivity index (χ2n) is 2.84. The topological polar surface area (TPSA) is 47.2 Å². The monoisotopic (exact) mass is 171 g/mol. The minimum absolute atomic E-state index is 0.267. The van der Waals surface area contributed by atoms with E-state index in [0.29, 0.717) is 5.82 Å². The minimum atomic E-state index is -0.267. The third kappa shape index (κ3) is 0.717. The zero-order valence-electron chi connectivity index (χ0n) is 6.64. The highest BCUT2D eigenvalue weighted by atomic mass is 16.2. The fourth-order valence-corrected chi connectivity index (χ4v) is 1.48. The maximum absolute atomic E-state index is 11.2. The Labute approximate surface area is 73.5 Å². The van der Waals surface area contributed by atoms with Gasteiger partial charge in [0.15, 0.2) is 0 Å². The van der Waals surface area contributed by atoms with E-state index in [1.165, 1.54) is 6.34 Å². The highest BCUT2D eigenvalue weighted by Crippen LogP contribution is 2.17. The van der Waals surface area contributed by atoms with Gasteiger partial charge in [-0.3, -0.25) is 9.36 Å². The van der Waals surface area contributed by atoms with Crippen LogP contribution in [-0.4, -0.2) is 21.8 Å². The standard InChI is InChI=1S/C9H5N3O/c13-9-8-11-6-3-1-2-4-7(6)12(8)5-10-9/h1-5H. The number of benzene rings is 1. The normalized spacial score (nSPS) is 14.0. The summed E-state index contributed by atoms with van der Waals surface area (Å²) in [5, 5.41) is 0. The average molecular weight is 171 g/mol. The van der Waals surface area contributed by atoms with Crippen LogP contribution in [0, 0.1) is 0 Å². The van der Waals surface area contributed by atoms with Gasteiger partial charge in [-0.15, -0.1) is 0 Å². The number of nitrogens with zero attached hydrogens (tertiary/aromatic N) is 3. The number of carbonyl (C=O) groups excluding carboxylic acids is 1. The Morgan fingerprint density at radius 3 is 3.00 bits per heavy atom. The van der Waals surface area contributed by atoms with E-state index in [0.717, 1.165) is 11.0 Å². The lowest BCUT2D eigenvalue weighted by Gasteiger charge is -1.90. The lowest BCUT2D eigenvalue weighted by Crippen LogP contribution is -1.96. The van der Waals surface area contributed by atoms with E-state index in [1.54, 1.807) is 4.57 Å². The molecule has 62 valence electrons. The molecule has 0 radical (unpaired) electrons. The molecule has 1 aromatic heterocycles. The molecule has 0 N–H and O–H groups in total. The van der Waals surface area contributed by atoms with Gasteiger partial charge in [0, 0.05) is 0 Å². The summed E-state index contributed by atoms with van der Waals surface area (Å²) in [4.78, 5) is 19.0. The zero-order valence-corrected chi connectivity index (χ0v) is 6.64. The summed E-state index contributed by atoms with van der Waals surface area (Å²) >= 11 is 0. The second kappa shape index (κ2) is 2.04. The van der Waals surface area contributed by atoms with Crippen LogP contribution >= 0.6 is 0 Å². The summed E-state index contributed by atoms with van der Waals surface area (Å²) in [7, 11) is 0. The van der Waals surface area contributed by atoms with Gasteiger partial charge in [0.1, 0.15) is 6.34 Å². The van der Waals surface area contributed by atoms with Crippen LogP contribution < -0.4 is 0 Å². The van der Waals surface area contributed by atoms with E-state index in [4.69, 9.17) is 0 Å². The molecule has 13 heavy (non-hydrogen) atoms. The van der Waals surface area contributed by atoms with Crippen LogP contribution in [0.1, 0.15) is 10.6 Å². The molecule has 3 rings (SSSR count). The minimum Gasteiger partial charge on any atom is -0.278 e. The van der Waals surface area contributed by atoms with E-state index in [-0.39, 0.29) is 5.91 Å². The summed E-state index contributed by atoms with van der Waals surface area (Å²) in [5.41, 5.74) is 1.75. The van der Waals surface area contributed by atoms with Crippen molar-refractivity contribution in [1.29, 1.82) is 0 Å². The van der Waals surface area contributed by atoms with E-state index in [9.17, 15) is 4.79 Å². The van der Waals surface area contributed by atoms with Gasteiger partial charge in [0.2, 0.25) is 5.82 Å². The second-order valence-corrected chi connectivity index (χ2v) is 2.84. The van der Waals surface area contributed by atoms with Crippen molar-refractivity contribution < 1.29 is 4.79 Å². The van der Waals surface area contributed by atoms with Gasteiger partial charge < -0.3 is 0 Å². The molecule has 4 heteroatoms. The van der Waals surface area contributed by atoms with Crippen molar-refractivity contribution in [3.63, 3.8) is 0 Å². The van der Waals surface area contributed by atoms with Crippen LogP contribution in [0.4, 0.5) is 0 Å². The number of hydrogen-bond acceptors (Lipinski definition) is 2. The smallest absolute Gasteiger partial charge is 0.278 e. The molecule has 1 aromatic carbocycles. The van der Waals surface area contributed by atoms with Crippen LogP contribution in [0.15, 0.2) is 29.3 Å². The van der Waals surface area contributed by atoms with Gasteiger partial charge in [-0.25, -0.2) is 4.98 Å². The first-order valence-electron chi connectivity index (χ1n) is 3.92. The Balaban J connectivity index is 2.51. The maximum atomic E-state index is 11.2. The fourth-order valence-electron chi connectivity index (χ4n) is 1.48. The number of aromatic nitrogens is 2. The first-order valence-corrected chi connectivity index (χ1v) is 3.92. The van der Waals surface area contributed by atoms with Crippen LogP contribution in [0.2, 0.25) is 0 Å². The Kier molecular flexibility index (Phi) is 1.02. The molecule has 0 atom stereocenters. The summed E-state index contributed by atoms with van der Waals surface area (Å²) in [6, 6.07) is 7.60. The quantitative estimate of drug-likeness (QED) is 0.595. The predicted octanol–water partition coefficient (Wildman–Crippen LogP) is 1.07. The van der Waals surface area contributed by atoms with Gasteiger partial charge in [-0.2, -0.15) is 4.99 Å². The molecule has 0 saturated heterocycles. The van der Waals surface area contributed by atoms with Crippen LogP contribution in [0.25, 0.3) is 11.0 Å². The molecule has 1 aliphatic rings. The van der Waals surface area contributed by atoms with Crippen molar-refractivity contribution in [1.82, 2.24) is 9.55 Å². The number of amides is 1. The van der Waals surface area contributed by atoms with Crippen molar-refractivity contribution in [3.8, 4) is 0 Å². The first-order chi connectivity index (χ1) is 6.36. The third-order valence-corrected chi connectivity index (χ3v) is 2.08. The molecule has 1 amide bonds. The Hall–Kier alpha value is -1.97. The number of carbonyl (C=O) groups is 1. The largest absolute Gasteiger partial charge is 0.314 e. The van der Waals surface area contributed by atoms with E-state index in [2.05, 4.69) is 9.98 Å². The van der Waals surface area contributed by atoms with E-state index in [1.807, 2.05) is 24.3 Å². The number of aliphatic imine (C=N–C) groups is 1. The van der Waals surface area contributed by atoms with Crippen molar-refractivity contribution in [2.45, 2.75) is 0 Å². The van der Waals surface area contributed by atoms with Crippen LogP contribution in [0.3, 0.4) is 0 Å². The molecule has 2 heterocycles. The summed E-state index contributed by atoms with van der Waals surface area (Å²) in [6.07, 6.45) is 1.51. The average Bonchev–Trinajstić information content (AvgIpc) is 2.67. The van der Waals surface area contributed by atoms with E-state index >= 15 is 0 Å². The molecule has 1 aliphatic heterocycles. The van der Waals surface area contributed by atoms with Crippen molar-refractivity contribution in [2.75, 3.05) is 0 Å². The van der Waals surface area contributed by atoms with Gasteiger partial charge in [0.05, 0.1) is 11.0 Å². The lowest BCUT2D eigenvalue weighted by molar-refractivity contribution is 0.0999. The van der Waals surface area contributed by atoms with E-state index < -0.39 is 0 Å². The molecule has 4 nitrogen and oxygen atoms in total. The SMILES string of the molecule is O=C1N=Cn2c1nc1ccccc12. The van der Waals surface area contributed by atoms with Crippen molar-refractivity contribution in [3.05, 3.63) is 30.1 Å². The number of hydrogen-bond donors (Lipinski definition) is 0. The van der Waals surface area contributed by atoms with Gasteiger partial charge in [-0.1, -0.05) is 12.1 Å². The van der Waals surface area contributed by atoms with Crippen LogP contribution in [-0.2, 0) is 0 Å². The summed E-state index contributed by atoms with van der Waals surface area (Å²) < 4.78 is 1.71. The molecule has 0 spiro atoms. The molecular formula is C9H5N3O. The highest BCUT2D eigenvalue weighted by molar-refractivity contribution is 6.06. The predicted molar refractivity (Wildman–Crippen MR) is 48.0 cm³/mol. The molecule has 0 saturated carbocycles. The fraction of sp³-hybridized carbons (Fsp3) is 0. The molecular weight excluding hydrogens is 166 g/mol. The third-order valence-electron chi connectivity index (χ3n) is 2.08. The molecule has 2 aromatic rings. The molecule has 0 unspecified atom stereocenters. The number of rotatable bonds is 0. The van der Waals surface area contributed by atoms with Crippen molar-refractivity contribution >= 4 is 23.3 Å². The molecule has 0 aliphatic carbocycles.